The highest BCUT2D eigenvalue weighted by atomic mass is 16.2. The van der Waals surface area contributed by atoms with Crippen molar-refractivity contribution in [1.82, 2.24) is 5.32 Å². The van der Waals surface area contributed by atoms with Gasteiger partial charge in [-0.1, -0.05) is 12.8 Å². The second kappa shape index (κ2) is 6.86. The molecule has 1 amide bonds. The normalized spacial score (nSPS) is 18.6. The maximum Gasteiger partial charge on any atom is 0.221 e. The molecule has 0 bridgehead atoms. The number of aliphatic hydroxyl groups is 1. The summed E-state index contributed by atoms with van der Waals surface area (Å²) in [6.07, 6.45) is 7.44. The fourth-order valence-electron chi connectivity index (χ4n) is 2.28. The van der Waals surface area contributed by atoms with Gasteiger partial charge in [0.2, 0.25) is 5.91 Å². The zero-order valence-electron chi connectivity index (χ0n) is 10.0. The van der Waals surface area contributed by atoms with Crippen molar-refractivity contribution < 1.29 is 9.90 Å². The van der Waals surface area contributed by atoms with Crippen LogP contribution in [-0.2, 0) is 4.79 Å². The molecule has 0 aromatic rings. The standard InChI is InChI=1S/C12H24N2O2/c13-12(6-2-3-7-12)10-11(16)14-8-4-1-5-9-15/h15H,1-10,13H2,(H,14,16). The molecule has 0 aromatic heterocycles. The Morgan fingerprint density at radius 2 is 1.94 bits per heavy atom. The second-order valence-corrected chi connectivity index (χ2v) is 4.88. The lowest BCUT2D eigenvalue weighted by Crippen LogP contribution is -2.42. The van der Waals surface area contributed by atoms with E-state index in [-0.39, 0.29) is 18.1 Å². The van der Waals surface area contributed by atoms with E-state index >= 15 is 0 Å². The number of carbonyl (C=O) groups excluding carboxylic acids is 1. The molecule has 0 saturated heterocycles. The smallest absolute Gasteiger partial charge is 0.221 e. The Bertz CT molecular complexity index is 213. The Labute approximate surface area is 97.6 Å². The molecule has 0 spiro atoms. The SMILES string of the molecule is NC1(CC(=O)NCCCCCO)CCCC1. The van der Waals surface area contributed by atoms with E-state index < -0.39 is 0 Å². The minimum atomic E-state index is -0.241. The van der Waals surface area contributed by atoms with Gasteiger partial charge in [0.25, 0.3) is 0 Å². The Kier molecular flexibility index (Phi) is 5.77. The summed E-state index contributed by atoms with van der Waals surface area (Å²) in [5.41, 5.74) is 5.88. The van der Waals surface area contributed by atoms with E-state index in [9.17, 15) is 4.79 Å². The summed E-state index contributed by atoms with van der Waals surface area (Å²) in [5, 5.41) is 11.5. The lowest BCUT2D eigenvalue weighted by atomic mass is 9.94. The maximum absolute atomic E-state index is 11.6. The summed E-state index contributed by atoms with van der Waals surface area (Å²) in [5.74, 6) is 0.0772. The third kappa shape index (κ3) is 4.94. The molecule has 4 nitrogen and oxygen atoms in total. The number of carbonyl (C=O) groups is 1. The third-order valence-electron chi connectivity index (χ3n) is 3.27. The van der Waals surface area contributed by atoms with Crippen LogP contribution in [0.4, 0.5) is 0 Å². The molecule has 1 aliphatic carbocycles. The molecule has 1 saturated carbocycles. The van der Waals surface area contributed by atoms with Crippen LogP contribution in [-0.4, -0.2) is 29.7 Å². The molecule has 4 heteroatoms. The Morgan fingerprint density at radius 3 is 2.56 bits per heavy atom. The van der Waals surface area contributed by atoms with Crippen molar-refractivity contribution in [1.29, 1.82) is 0 Å². The Hall–Kier alpha value is -0.610. The zero-order valence-corrected chi connectivity index (χ0v) is 10.0. The molecule has 1 fully saturated rings. The van der Waals surface area contributed by atoms with Gasteiger partial charge in [-0.25, -0.2) is 0 Å². The van der Waals surface area contributed by atoms with Gasteiger partial charge in [0.1, 0.15) is 0 Å². The van der Waals surface area contributed by atoms with Crippen LogP contribution in [0.15, 0.2) is 0 Å². The van der Waals surface area contributed by atoms with E-state index in [1.807, 2.05) is 0 Å². The van der Waals surface area contributed by atoms with Crippen molar-refractivity contribution >= 4 is 5.91 Å². The van der Waals surface area contributed by atoms with Gasteiger partial charge in [-0.2, -0.15) is 0 Å². The van der Waals surface area contributed by atoms with E-state index in [1.54, 1.807) is 0 Å². The van der Waals surface area contributed by atoms with Gasteiger partial charge < -0.3 is 16.2 Å². The molecule has 0 atom stereocenters. The van der Waals surface area contributed by atoms with Crippen LogP contribution in [0.2, 0.25) is 0 Å². The Morgan fingerprint density at radius 1 is 1.25 bits per heavy atom. The van der Waals surface area contributed by atoms with Crippen LogP contribution in [0.1, 0.15) is 51.4 Å². The molecule has 0 aromatic carbocycles. The molecule has 0 radical (unpaired) electrons. The average Bonchev–Trinajstić information content (AvgIpc) is 2.64. The second-order valence-electron chi connectivity index (χ2n) is 4.88. The summed E-state index contributed by atoms with van der Waals surface area (Å²) in [6, 6.07) is 0. The van der Waals surface area contributed by atoms with E-state index in [2.05, 4.69) is 5.32 Å². The predicted molar refractivity (Wildman–Crippen MR) is 63.9 cm³/mol. The van der Waals surface area contributed by atoms with E-state index in [1.165, 1.54) is 0 Å². The number of unbranched alkanes of at least 4 members (excludes halogenated alkanes) is 2. The van der Waals surface area contributed by atoms with Crippen LogP contribution in [0.3, 0.4) is 0 Å². The summed E-state index contributed by atoms with van der Waals surface area (Å²) in [6.45, 7) is 0.939. The highest BCUT2D eigenvalue weighted by Crippen LogP contribution is 2.29. The van der Waals surface area contributed by atoms with Gasteiger partial charge in [-0.3, -0.25) is 4.79 Å². The van der Waals surface area contributed by atoms with Gasteiger partial charge in [0, 0.05) is 25.1 Å². The fraction of sp³-hybridized carbons (Fsp3) is 0.917. The molecule has 94 valence electrons. The Balaban J connectivity index is 2.06. The summed E-state index contributed by atoms with van der Waals surface area (Å²) in [7, 11) is 0. The average molecular weight is 228 g/mol. The number of nitrogens with two attached hydrogens (primary N) is 1. The molecule has 1 rings (SSSR count). The molecule has 0 aliphatic heterocycles. The zero-order chi connectivity index (χ0) is 11.9. The monoisotopic (exact) mass is 228 g/mol. The maximum atomic E-state index is 11.6. The van der Waals surface area contributed by atoms with Crippen molar-refractivity contribution in [2.45, 2.75) is 56.9 Å². The van der Waals surface area contributed by atoms with Crippen LogP contribution in [0, 0.1) is 0 Å². The molecule has 16 heavy (non-hydrogen) atoms. The molecule has 0 heterocycles. The van der Waals surface area contributed by atoms with Gasteiger partial charge in [0.15, 0.2) is 0 Å². The van der Waals surface area contributed by atoms with E-state index in [0.717, 1.165) is 44.9 Å². The first kappa shape index (κ1) is 13.5. The molecule has 4 N–H and O–H groups in total. The number of hydrogen-bond donors (Lipinski definition) is 3. The topological polar surface area (TPSA) is 75.4 Å². The van der Waals surface area contributed by atoms with Crippen LogP contribution in [0.5, 0.6) is 0 Å². The summed E-state index contributed by atoms with van der Waals surface area (Å²) >= 11 is 0. The van der Waals surface area contributed by atoms with Gasteiger partial charge in [-0.05, 0) is 32.1 Å². The van der Waals surface area contributed by atoms with Crippen molar-refractivity contribution in [3.63, 3.8) is 0 Å². The number of hydrogen-bond acceptors (Lipinski definition) is 3. The van der Waals surface area contributed by atoms with Crippen molar-refractivity contribution in [2.24, 2.45) is 5.73 Å². The quantitative estimate of drug-likeness (QED) is 0.567. The van der Waals surface area contributed by atoms with Crippen molar-refractivity contribution in [2.75, 3.05) is 13.2 Å². The van der Waals surface area contributed by atoms with E-state index in [4.69, 9.17) is 10.8 Å². The largest absolute Gasteiger partial charge is 0.396 e. The first-order valence-corrected chi connectivity index (χ1v) is 6.33. The van der Waals surface area contributed by atoms with Gasteiger partial charge in [-0.15, -0.1) is 0 Å². The molecular weight excluding hydrogens is 204 g/mol. The van der Waals surface area contributed by atoms with Gasteiger partial charge in [0.05, 0.1) is 0 Å². The highest BCUT2D eigenvalue weighted by molar-refractivity contribution is 5.77. The summed E-state index contributed by atoms with van der Waals surface area (Å²) < 4.78 is 0. The van der Waals surface area contributed by atoms with Crippen LogP contribution in [0.25, 0.3) is 0 Å². The number of aliphatic hydroxyl groups excluding tert-OH is 1. The number of amides is 1. The lowest BCUT2D eigenvalue weighted by molar-refractivity contribution is -0.122. The molecule has 0 unspecified atom stereocenters. The highest BCUT2D eigenvalue weighted by Gasteiger charge is 2.31. The fourth-order valence-corrected chi connectivity index (χ4v) is 2.28. The van der Waals surface area contributed by atoms with E-state index in [0.29, 0.717) is 13.0 Å². The lowest BCUT2D eigenvalue weighted by Gasteiger charge is -2.22. The summed E-state index contributed by atoms with van der Waals surface area (Å²) in [4.78, 5) is 11.6. The minimum absolute atomic E-state index is 0.0772. The first-order chi connectivity index (χ1) is 7.66. The van der Waals surface area contributed by atoms with Gasteiger partial charge >= 0.3 is 0 Å². The van der Waals surface area contributed by atoms with Crippen molar-refractivity contribution in [3.05, 3.63) is 0 Å². The molecule has 1 aliphatic rings. The predicted octanol–water partition coefficient (Wildman–Crippen LogP) is 0.927. The number of rotatable bonds is 7. The third-order valence-corrected chi connectivity index (χ3v) is 3.27. The first-order valence-electron chi connectivity index (χ1n) is 6.33. The number of nitrogens with one attached hydrogen (secondary N) is 1. The van der Waals surface area contributed by atoms with Crippen LogP contribution < -0.4 is 11.1 Å². The molecular formula is C12H24N2O2. The minimum Gasteiger partial charge on any atom is -0.396 e. The van der Waals surface area contributed by atoms with Crippen molar-refractivity contribution in [3.8, 4) is 0 Å². The van der Waals surface area contributed by atoms with Crippen LogP contribution >= 0.6 is 0 Å².